The van der Waals surface area contributed by atoms with Gasteiger partial charge in [0, 0.05) is 18.4 Å². The Bertz CT molecular complexity index is 963. The lowest BCUT2D eigenvalue weighted by Gasteiger charge is -2.31. The van der Waals surface area contributed by atoms with Gasteiger partial charge in [-0.1, -0.05) is 54.6 Å². The van der Waals surface area contributed by atoms with Crippen LogP contribution in [0.4, 0.5) is 0 Å². The molecule has 1 atom stereocenters. The van der Waals surface area contributed by atoms with Gasteiger partial charge in [-0.15, -0.1) is 0 Å². The predicted octanol–water partition coefficient (Wildman–Crippen LogP) is 4.17. The molecular weight excluding hydrogens is 324 g/mol. The maximum atomic E-state index is 12.6. The van der Waals surface area contributed by atoms with Gasteiger partial charge in [-0.05, 0) is 23.1 Å². The number of Topliss-reactive ketones (excluding diaryl/α,β-unsaturated/α-hetero) is 1. The van der Waals surface area contributed by atoms with Crippen LogP contribution < -0.4 is 5.73 Å². The topological polar surface area (TPSA) is 76.1 Å². The van der Waals surface area contributed by atoms with Crippen molar-refractivity contribution in [1.82, 2.24) is 0 Å². The number of hydrogen-bond acceptors (Lipinski definition) is 4. The zero-order valence-electron chi connectivity index (χ0n) is 14.2. The quantitative estimate of drug-likeness (QED) is 0.889. The number of ketones is 1. The second kappa shape index (κ2) is 6.53. The molecule has 0 aromatic heterocycles. The molecule has 2 aromatic rings. The molecule has 4 rings (SSSR count). The van der Waals surface area contributed by atoms with Crippen LogP contribution in [-0.2, 0) is 9.53 Å². The van der Waals surface area contributed by atoms with E-state index in [2.05, 4.69) is 6.07 Å². The minimum Gasteiger partial charge on any atom is -0.444 e. The highest BCUT2D eigenvalue weighted by Crippen LogP contribution is 2.43. The highest BCUT2D eigenvalue weighted by atomic mass is 16.5. The molecule has 4 nitrogen and oxygen atoms in total. The number of nitrogens with zero attached hydrogens (tertiary/aromatic N) is 1. The second-order valence-corrected chi connectivity index (χ2v) is 6.53. The molecule has 0 saturated heterocycles. The van der Waals surface area contributed by atoms with E-state index in [0.717, 1.165) is 23.1 Å². The van der Waals surface area contributed by atoms with Crippen molar-refractivity contribution in [3.8, 4) is 17.2 Å². The van der Waals surface area contributed by atoms with Gasteiger partial charge < -0.3 is 10.5 Å². The largest absolute Gasteiger partial charge is 0.444 e. The zero-order valence-corrected chi connectivity index (χ0v) is 14.2. The minimum absolute atomic E-state index is 0.0450. The van der Waals surface area contributed by atoms with Gasteiger partial charge in [-0.25, -0.2) is 0 Å². The Morgan fingerprint density at radius 1 is 1.00 bits per heavy atom. The number of benzene rings is 2. The third kappa shape index (κ3) is 2.68. The monoisotopic (exact) mass is 342 g/mol. The van der Waals surface area contributed by atoms with Gasteiger partial charge in [0.1, 0.15) is 17.4 Å². The van der Waals surface area contributed by atoms with Crippen LogP contribution >= 0.6 is 0 Å². The summed E-state index contributed by atoms with van der Waals surface area (Å²) in [6.07, 6.45) is 1.92. The van der Waals surface area contributed by atoms with Crippen LogP contribution in [-0.4, -0.2) is 5.78 Å². The fourth-order valence-electron chi connectivity index (χ4n) is 3.69. The fourth-order valence-corrected chi connectivity index (χ4v) is 3.69. The molecule has 0 saturated carbocycles. The van der Waals surface area contributed by atoms with Crippen LogP contribution in [0.1, 0.15) is 30.7 Å². The van der Waals surface area contributed by atoms with Crippen molar-refractivity contribution in [2.24, 2.45) is 5.73 Å². The van der Waals surface area contributed by atoms with E-state index in [0.29, 0.717) is 29.7 Å². The lowest BCUT2D eigenvalue weighted by atomic mass is 9.77. The first-order valence-corrected chi connectivity index (χ1v) is 8.68. The van der Waals surface area contributed by atoms with E-state index in [1.165, 1.54) is 0 Å². The highest BCUT2D eigenvalue weighted by Gasteiger charge is 2.37. The van der Waals surface area contributed by atoms with Crippen LogP contribution in [0.15, 0.2) is 77.4 Å². The maximum Gasteiger partial charge on any atom is 0.205 e. The average molecular weight is 342 g/mol. The van der Waals surface area contributed by atoms with Gasteiger partial charge in [0.25, 0.3) is 0 Å². The third-order valence-electron chi connectivity index (χ3n) is 4.96. The van der Waals surface area contributed by atoms with Crippen molar-refractivity contribution < 1.29 is 9.53 Å². The summed E-state index contributed by atoms with van der Waals surface area (Å²) in [5.74, 6) is 0.331. The van der Waals surface area contributed by atoms with Crippen LogP contribution in [0.3, 0.4) is 0 Å². The van der Waals surface area contributed by atoms with Gasteiger partial charge in [0.15, 0.2) is 5.78 Å². The molecule has 26 heavy (non-hydrogen) atoms. The van der Waals surface area contributed by atoms with Crippen LogP contribution in [0.2, 0.25) is 0 Å². The van der Waals surface area contributed by atoms with E-state index in [1.807, 2.05) is 54.6 Å². The number of hydrogen-bond donors (Lipinski definition) is 1. The summed E-state index contributed by atoms with van der Waals surface area (Å²) in [7, 11) is 0. The minimum atomic E-state index is -0.443. The summed E-state index contributed by atoms with van der Waals surface area (Å²) >= 11 is 0. The van der Waals surface area contributed by atoms with Crippen molar-refractivity contribution >= 4 is 5.78 Å². The average Bonchev–Trinajstić information content (AvgIpc) is 2.68. The van der Waals surface area contributed by atoms with Crippen molar-refractivity contribution in [3.63, 3.8) is 0 Å². The molecule has 128 valence electrons. The summed E-state index contributed by atoms with van der Waals surface area (Å²) in [4.78, 5) is 12.6. The fraction of sp³-hybridized carbons (Fsp3) is 0.182. The normalized spacial score (nSPS) is 19.7. The summed E-state index contributed by atoms with van der Waals surface area (Å²) < 4.78 is 5.60. The van der Waals surface area contributed by atoms with Crippen molar-refractivity contribution in [1.29, 1.82) is 5.26 Å². The Balaban J connectivity index is 1.78. The predicted molar refractivity (Wildman–Crippen MR) is 98.4 cm³/mol. The smallest absolute Gasteiger partial charge is 0.205 e. The molecule has 0 amide bonds. The van der Waals surface area contributed by atoms with Gasteiger partial charge in [-0.3, -0.25) is 4.79 Å². The first kappa shape index (κ1) is 16.2. The summed E-state index contributed by atoms with van der Waals surface area (Å²) in [5, 5.41) is 9.60. The number of carbonyl (C=O) groups is 1. The molecule has 1 heterocycles. The standard InChI is InChI=1S/C22H18N2O2/c23-13-17-20(21-18(25)7-4-8-19(21)26-22(17)24)16-11-9-15(10-12-16)14-5-2-1-3-6-14/h1-3,5-6,9-12,20H,4,7-8,24H2/t20-/m0/s1. The molecular formula is C22H18N2O2. The van der Waals surface area contributed by atoms with E-state index >= 15 is 0 Å². The molecule has 0 spiro atoms. The SMILES string of the molecule is N#CC1=C(N)OC2=C(C(=O)CCC2)[C@H]1c1ccc(-c2ccccc2)cc1. The molecule has 0 radical (unpaired) electrons. The van der Waals surface area contributed by atoms with Crippen LogP contribution in [0.25, 0.3) is 11.1 Å². The van der Waals surface area contributed by atoms with E-state index in [1.54, 1.807) is 0 Å². The number of allylic oxidation sites excluding steroid dienone is 3. The van der Waals surface area contributed by atoms with Crippen molar-refractivity contribution in [3.05, 3.63) is 82.9 Å². The Hall–Kier alpha value is -3.32. The van der Waals surface area contributed by atoms with E-state index in [4.69, 9.17) is 10.5 Å². The first-order valence-electron chi connectivity index (χ1n) is 8.68. The number of carbonyl (C=O) groups excluding carboxylic acids is 1. The summed E-state index contributed by atoms with van der Waals surface area (Å²) in [6.45, 7) is 0. The highest BCUT2D eigenvalue weighted by molar-refractivity contribution is 5.99. The number of nitriles is 1. The van der Waals surface area contributed by atoms with E-state index in [-0.39, 0.29) is 11.7 Å². The number of ether oxygens (including phenoxy) is 1. The summed E-state index contributed by atoms with van der Waals surface area (Å²) in [6, 6.07) is 20.2. The molecule has 0 fully saturated rings. The summed E-state index contributed by atoms with van der Waals surface area (Å²) in [5.41, 5.74) is 9.97. The lowest BCUT2D eigenvalue weighted by Crippen LogP contribution is -2.27. The molecule has 2 aromatic carbocycles. The molecule has 4 heteroatoms. The van der Waals surface area contributed by atoms with E-state index < -0.39 is 5.92 Å². The number of rotatable bonds is 2. The maximum absolute atomic E-state index is 12.6. The van der Waals surface area contributed by atoms with Crippen LogP contribution in [0, 0.1) is 11.3 Å². The van der Waals surface area contributed by atoms with Gasteiger partial charge in [-0.2, -0.15) is 5.26 Å². The zero-order chi connectivity index (χ0) is 18.1. The molecule has 2 aliphatic rings. The van der Waals surface area contributed by atoms with E-state index in [9.17, 15) is 10.1 Å². The Labute approximate surface area is 152 Å². The molecule has 1 aliphatic heterocycles. The lowest BCUT2D eigenvalue weighted by molar-refractivity contribution is -0.116. The molecule has 2 N–H and O–H groups in total. The van der Waals surface area contributed by atoms with Gasteiger partial charge >= 0.3 is 0 Å². The van der Waals surface area contributed by atoms with Gasteiger partial charge in [0.2, 0.25) is 5.88 Å². The van der Waals surface area contributed by atoms with Crippen molar-refractivity contribution in [2.75, 3.05) is 0 Å². The first-order chi connectivity index (χ1) is 12.7. The Morgan fingerprint density at radius 3 is 2.38 bits per heavy atom. The van der Waals surface area contributed by atoms with Crippen molar-refractivity contribution in [2.45, 2.75) is 25.2 Å². The third-order valence-corrected chi connectivity index (χ3v) is 4.96. The number of nitrogens with two attached hydrogens (primary N) is 1. The Morgan fingerprint density at radius 2 is 1.69 bits per heavy atom. The second-order valence-electron chi connectivity index (χ2n) is 6.53. The Kier molecular flexibility index (Phi) is 4.06. The molecule has 1 aliphatic carbocycles. The van der Waals surface area contributed by atoms with Gasteiger partial charge in [0.05, 0.1) is 5.92 Å². The molecule has 0 unspecified atom stereocenters. The molecule has 0 bridgehead atoms. The van der Waals surface area contributed by atoms with Crippen LogP contribution in [0.5, 0.6) is 0 Å².